The van der Waals surface area contributed by atoms with Crippen LogP contribution >= 0.6 is 0 Å². The highest BCUT2D eigenvalue weighted by Gasteiger charge is 2.37. The zero-order valence-corrected chi connectivity index (χ0v) is 21.2. The van der Waals surface area contributed by atoms with E-state index in [9.17, 15) is 22.0 Å². The molecule has 1 saturated carbocycles. The molecule has 2 aliphatic rings. The first-order valence-corrected chi connectivity index (χ1v) is 13.2. The number of pyridine rings is 1. The maximum Gasteiger partial charge on any atom is 0.418 e. The van der Waals surface area contributed by atoms with Crippen molar-refractivity contribution in [2.75, 3.05) is 0 Å². The normalized spacial score (nSPS) is 23.1. The lowest BCUT2D eigenvalue weighted by Crippen LogP contribution is -2.43. The Bertz CT molecular complexity index is 1230. The van der Waals surface area contributed by atoms with Crippen molar-refractivity contribution >= 4 is 10.9 Å². The molecule has 0 amide bonds. The maximum atomic E-state index is 14.2. The van der Waals surface area contributed by atoms with Gasteiger partial charge in [-0.1, -0.05) is 13.0 Å². The summed E-state index contributed by atoms with van der Waals surface area (Å²) in [7, 11) is 0. The highest BCUT2D eigenvalue weighted by atomic mass is 19.4. The predicted molar refractivity (Wildman–Crippen MR) is 133 cm³/mol. The van der Waals surface area contributed by atoms with E-state index < -0.39 is 18.2 Å². The third-order valence-electron chi connectivity index (χ3n) is 8.01. The van der Waals surface area contributed by atoms with Gasteiger partial charge in [0.15, 0.2) is 0 Å². The minimum Gasteiger partial charge on any atom is -0.311 e. The zero-order chi connectivity index (χ0) is 26.3. The average Bonchev–Trinajstić information content (AvgIpc) is 3.18. The number of rotatable bonds is 7. The van der Waals surface area contributed by atoms with E-state index >= 15 is 0 Å². The molecule has 5 rings (SSSR count). The fourth-order valence-electron chi connectivity index (χ4n) is 5.92. The van der Waals surface area contributed by atoms with Gasteiger partial charge in [0.25, 0.3) is 6.43 Å². The molecule has 1 aliphatic heterocycles. The summed E-state index contributed by atoms with van der Waals surface area (Å²) in [5.74, 6) is 0.168. The number of benzene rings is 1. The summed E-state index contributed by atoms with van der Waals surface area (Å²) in [5, 5.41) is 8.81. The lowest BCUT2D eigenvalue weighted by atomic mass is 9.82. The van der Waals surface area contributed by atoms with Crippen LogP contribution in [0.5, 0.6) is 0 Å². The highest BCUT2D eigenvalue weighted by Crippen LogP contribution is 2.42. The molecule has 1 aromatic carbocycles. The summed E-state index contributed by atoms with van der Waals surface area (Å²) in [5.41, 5.74) is 1.72. The molecule has 1 saturated heterocycles. The number of alkyl halides is 5. The Balaban J connectivity index is 1.37. The second kappa shape index (κ2) is 10.3. The summed E-state index contributed by atoms with van der Waals surface area (Å²) in [6.07, 6.45) is 0.662. The van der Waals surface area contributed by atoms with E-state index in [2.05, 4.69) is 22.3 Å². The van der Waals surface area contributed by atoms with Crippen molar-refractivity contribution < 1.29 is 22.0 Å². The van der Waals surface area contributed by atoms with Gasteiger partial charge in [0.05, 0.1) is 22.8 Å². The van der Waals surface area contributed by atoms with Crippen LogP contribution in [0, 0.1) is 0 Å². The Morgan fingerprint density at radius 3 is 2.51 bits per heavy atom. The third-order valence-corrected chi connectivity index (χ3v) is 8.01. The number of halogens is 5. The van der Waals surface area contributed by atoms with Crippen LogP contribution in [-0.4, -0.2) is 26.8 Å². The van der Waals surface area contributed by atoms with E-state index in [-0.39, 0.29) is 35.3 Å². The van der Waals surface area contributed by atoms with Crippen molar-refractivity contribution in [2.24, 2.45) is 0 Å². The number of nitrogens with zero attached hydrogens (tertiary/aromatic N) is 3. The molecular weight excluding hydrogens is 487 g/mol. The standard InChI is InChI=1S/C28H33F5N4/c1-3-24-22-12-17(13-23(28(31,32)33)26(22)37(36-24)21-5-4-6-21)7-9-20-14-19(11-16(2)35-20)18-8-10-25(27(29)30)34-15-18/h8,10,12-13,15-16,19-21,27,35H,3-7,9,11,14H2,1-2H3. The van der Waals surface area contributed by atoms with Gasteiger partial charge >= 0.3 is 6.18 Å². The lowest BCUT2D eigenvalue weighted by Gasteiger charge is -2.35. The second-order valence-corrected chi connectivity index (χ2v) is 10.7. The second-order valence-electron chi connectivity index (χ2n) is 10.7. The SMILES string of the molecule is CCc1nn(C2CCC2)c2c(C(F)(F)F)cc(CCC3CC(c4ccc(C(F)F)nc4)CC(C)N3)cc12. The fraction of sp³-hybridized carbons (Fsp3) is 0.571. The Kier molecular flexibility index (Phi) is 7.27. The molecule has 9 heteroatoms. The quantitative estimate of drug-likeness (QED) is 0.328. The summed E-state index contributed by atoms with van der Waals surface area (Å²) in [4.78, 5) is 3.91. The van der Waals surface area contributed by atoms with Gasteiger partial charge < -0.3 is 5.32 Å². The molecule has 2 aromatic heterocycles. The Morgan fingerprint density at radius 1 is 1.14 bits per heavy atom. The molecular formula is C28H33F5N4. The van der Waals surface area contributed by atoms with Crippen molar-refractivity contribution in [1.82, 2.24) is 20.1 Å². The number of piperidine rings is 1. The van der Waals surface area contributed by atoms with Crippen molar-refractivity contribution in [3.8, 4) is 0 Å². The first kappa shape index (κ1) is 26.1. The van der Waals surface area contributed by atoms with Gasteiger partial charge in [-0.05, 0) is 93.5 Å². The minimum atomic E-state index is -4.46. The Morgan fingerprint density at radius 2 is 1.92 bits per heavy atom. The number of aryl methyl sites for hydroxylation is 2. The number of nitrogens with one attached hydrogen (secondary N) is 1. The Hall–Kier alpha value is -2.55. The molecule has 0 radical (unpaired) electrons. The summed E-state index contributed by atoms with van der Waals surface area (Å²) >= 11 is 0. The van der Waals surface area contributed by atoms with E-state index in [1.807, 2.05) is 13.0 Å². The molecule has 3 heterocycles. The average molecular weight is 521 g/mol. The minimum absolute atomic E-state index is 0.0452. The number of hydrogen-bond acceptors (Lipinski definition) is 3. The van der Waals surface area contributed by atoms with Gasteiger partial charge in [0, 0.05) is 23.7 Å². The fourth-order valence-corrected chi connectivity index (χ4v) is 5.92. The molecule has 0 spiro atoms. The van der Waals surface area contributed by atoms with Gasteiger partial charge in [-0.25, -0.2) is 8.78 Å². The largest absolute Gasteiger partial charge is 0.418 e. The van der Waals surface area contributed by atoms with Crippen LogP contribution < -0.4 is 5.32 Å². The topological polar surface area (TPSA) is 42.7 Å². The molecule has 3 unspecified atom stereocenters. The van der Waals surface area contributed by atoms with Gasteiger partial charge in [-0.15, -0.1) is 0 Å². The van der Waals surface area contributed by atoms with E-state index in [0.29, 0.717) is 30.2 Å². The molecule has 1 aliphatic carbocycles. The summed E-state index contributed by atoms with van der Waals surface area (Å²) in [6.45, 7) is 4.01. The van der Waals surface area contributed by atoms with E-state index in [4.69, 9.17) is 0 Å². The lowest BCUT2D eigenvalue weighted by molar-refractivity contribution is -0.136. The van der Waals surface area contributed by atoms with Gasteiger partial charge in [0.2, 0.25) is 0 Å². The Labute approximate surface area is 213 Å². The van der Waals surface area contributed by atoms with Crippen LogP contribution in [0.3, 0.4) is 0 Å². The zero-order valence-electron chi connectivity index (χ0n) is 21.2. The number of fused-ring (bicyclic) bond motifs is 1. The van der Waals surface area contributed by atoms with Gasteiger partial charge in [-0.2, -0.15) is 18.3 Å². The van der Waals surface area contributed by atoms with Crippen LogP contribution in [-0.2, 0) is 19.0 Å². The summed E-state index contributed by atoms with van der Waals surface area (Å²) < 4.78 is 70.1. The molecule has 37 heavy (non-hydrogen) atoms. The molecule has 4 nitrogen and oxygen atoms in total. The molecule has 2 fully saturated rings. The maximum absolute atomic E-state index is 14.2. The number of hydrogen-bond donors (Lipinski definition) is 1. The number of aromatic nitrogens is 3. The molecule has 200 valence electrons. The van der Waals surface area contributed by atoms with E-state index in [1.165, 1.54) is 18.3 Å². The third kappa shape index (κ3) is 5.38. The van der Waals surface area contributed by atoms with Crippen LogP contribution in [0.4, 0.5) is 22.0 Å². The molecule has 0 bridgehead atoms. The van der Waals surface area contributed by atoms with Gasteiger partial charge in [0.1, 0.15) is 5.69 Å². The monoisotopic (exact) mass is 520 g/mol. The highest BCUT2D eigenvalue weighted by molar-refractivity contribution is 5.86. The van der Waals surface area contributed by atoms with E-state index in [1.54, 1.807) is 10.7 Å². The van der Waals surface area contributed by atoms with Crippen molar-refractivity contribution in [1.29, 1.82) is 0 Å². The van der Waals surface area contributed by atoms with E-state index in [0.717, 1.165) is 43.4 Å². The van der Waals surface area contributed by atoms with Crippen LogP contribution in [0.15, 0.2) is 30.5 Å². The predicted octanol–water partition coefficient (Wildman–Crippen LogP) is 7.53. The first-order valence-electron chi connectivity index (χ1n) is 13.2. The van der Waals surface area contributed by atoms with Gasteiger partial charge in [-0.3, -0.25) is 9.67 Å². The molecule has 3 atom stereocenters. The van der Waals surface area contributed by atoms with Crippen LogP contribution in [0.2, 0.25) is 0 Å². The van der Waals surface area contributed by atoms with Crippen LogP contribution in [0.25, 0.3) is 10.9 Å². The first-order chi connectivity index (χ1) is 17.6. The van der Waals surface area contributed by atoms with Crippen LogP contribution in [0.1, 0.15) is 98.8 Å². The molecule has 1 N–H and O–H groups in total. The van der Waals surface area contributed by atoms with Crippen molar-refractivity contribution in [2.45, 2.75) is 102 Å². The summed E-state index contributed by atoms with van der Waals surface area (Å²) in [6, 6.07) is 6.69. The molecule has 3 aromatic rings. The van der Waals surface area contributed by atoms with Crippen molar-refractivity contribution in [3.63, 3.8) is 0 Å². The van der Waals surface area contributed by atoms with Crippen molar-refractivity contribution in [3.05, 3.63) is 58.5 Å². The smallest absolute Gasteiger partial charge is 0.311 e.